The van der Waals surface area contributed by atoms with Crippen molar-refractivity contribution in [2.24, 2.45) is 0 Å². The van der Waals surface area contributed by atoms with Crippen molar-refractivity contribution in [2.75, 3.05) is 26.2 Å². The lowest BCUT2D eigenvalue weighted by Crippen LogP contribution is -2.52. The number of hydrazine groups is 1. The van der Waals surface area contributed by atoms with Crippen molar-refractivity contribution in [3.05, 3.63) is 35.9 Å². The molecule has 5 nitrogen and oxygen atoms in total. The van der Waals surface area contributed by atoms with Gasteiger partial charge in [-0.25, -0.2) is 9.80 Å². The predicted octanol–water partition coefficient (Wildman–Crippen LogP) is 0.987. The molecular weight excluding hydrogens is 218 g/mol. The van der Waals surface area contributed by atoms with Crippen LogP contribution in [0.5, 0.6) is 0 Å². The topological polar surface area (TPSA) is 55.8 Å². The lowest BCUT2D eigenvalue weighted by atomic mass is 10.2. The number of hydrogen-bond acceptors (Lipinski definition) is 3. The third kappa shape index (κ3) is 3.72. The molecular formula is C12H17N3O2. The highest BCUT2D eigenvalue weighted by Crippen LogP contribution is 2.07. The number of carbonyl (C=O) groups is 1. The number of rotatable bonds is 3. The van der Waals surface area contributed by atoms with Crippen LogP contribution in [-0.4, -0.2) is 47.3 Å². The van der Waals surface area contributed by atoms with Gasteiger partial charge in [-0.05, 0) is 5.56 Å². The Bertz CT molecular complexity index is 361. The fourth-order valence-electron chi connectivity index (χ4n) is 1.99. The van der Waals surface area contributed by atoms with Crippen LogP contribution < -0.4 is 5.43 Å². The zero-order valence-electron chi connectivity index (χ0n) is 9.67. The van der Waals surface area contributed by atoms with Crippen molar-refractivity contribution in [1.29, 1.82) is 0 Å². The summed E-state index contributed by atoms with van der Waals surface area (Å²) in [5, 5.41) is 10.3. The average Bonchev–Trinajstić information content (AvgIpc) is 2.32. The van der Waals surface area contributed by atoms with Crippen LogP contribution in [0.2, 0.25) is 0 Å². The number of nitrogens with one attached hydrogen (secondary N) is 1. The van der Waals surface area contributed by atoms with E-state index in [2.05, 4.69) is 22.5 Å². The molecule has 1 heterocycles. The fourth-order valence-corrected chi connectivity index (χ4v) is 1.99. The van der Waals surface area contributed by atoms with E-state index >= 15 is 0 Å². The lowest BCUT2D eigenvalue weighted by Gasteiger charge is -2.33. The van der Waals surface area contributed by atoms with Crippen LogP contribution in [0, 0.1) is 0 Å². The summed E-state index contributed by atoms with van der Waals surface area (Å²) < 4.78 is 0. The Kier molecular flexibility index (Phi) is 3.95. The fraction of sp³-hybridized carbons (Fsp3) is 0.417. The van der Waals surface area contributed by atoms with Gasteiger partial charge in [-0.1, -0.05) is 30.3 Å². The van der Waals surface area contributed by atoms with Gasteiger partial charge in [-0.3, -0.25) is 10.3 Å². The molecule has 0 bridgehead atoms. The molecule has 2 N–H and O–H groups in total. The SMILES string of the molecule is O=C(O)NN1CCN(Cc2ccccc2)CC1. The molecule has 17 heavy (non-hydrogen) atoms. The van der Waals surface area contributed by atoms with Gasteiger partial charge in [0.2, 0.25) is 0 Å². The van der Waals surface area contributed by atoms with Crippen LogP contribution in [0.1, 0.15) is 5.56 Å². The van der Waals surface area contributed by atoms with E-state index in [9.17, 15) is 4.79 Å². The summed E-state index contributed by atoms with van der Waals surface area (Å²) in [5.41, 5.74) is 3.69. The number of carboxylic acid groups (broad SMARTS) is 1. The van der Waals surface area contributed by atoms with Gasteiger partial charge in [0.05, 0.1) is 0 Å². The number of piperazine rings is 1. The van der Waals surface area contributed by atoms with Crippen molar-refractivity contribution in [3.63, 3.8) is 0 Å². The summed E-state index contributed by atoms with van der Waals surface area (Å²) >= 11 is 0. The van der Waals surface area contributed by atoms with E-state index < -0.39 is 6.09 Å². The van der Waals surface area contributed by atoms with Crippen LogP contribution in [0.4, 0.5) is 4.79 Å². The highest BCUT2D eigenvalue weighted by molar-refractivity contribution is 5.63. The molecule has 1 aromatic carbocycles. The van der Waals surface area contributed by atoms with Crippen LogP contribution in [0.25, 0.3) is 0 Å². The molecule has 1 aliphatic heterocycles. The standard InChI is InChI=1S/C12H17N3O2/c16-12(17)13-15-8-6-14(7-9-15)10-11-4-2-1-3-5-11/h1-5,13H,6-10H2,(H,16,17). The van der Waals surface area contributed by atoms with Gasteiger partial charge in [-0.15, -0.1) is 0 Å². The molecule has 0 aromatic heterocycles. The molecule has 0 spiro atoms. The molecule has 0 aliphatic carbocycles. The molecule has 92 valence electrons. The van der Waals surface area contributed by atoms with Gasteiger partial charge >= 0.3 is 6.09 Å². The van der Waals surface area contributed by atoms with Crippen LogP contribution in [0.15, 0.2) is 30.3 Å². The molecule has 0 atom stereocenters. The molecule has 1 fully saturated rings. The summed E-state index contributed by atoms with van der Waals surface area (Å²) in [6.45, 7) is 4.17. The van der Waals surface area contributed by atoms with Crippen molar-refractivity contribution in [3.8, 4) is 0 Å². The molecule has 2 rings (SSSR count). The molecule has 5 heteroatoms. The smallest absolute Gasteiger partial charge is 0.419 e. The van der Waals surface area contributed by atoms with Gasteiger partial charge in [0.1, 0.15) is 0 Å². The second kappa shape index (κ2) is 5.65. The third-order valence-electron chi connectivity index (χ3n) is 2.88. The minimum Gasteiger partial charge on any atom is -0.464 e. The second-order valence-electron chi connectivity index (χ2n) is 4.17. The Morgan fingerprint density at radius 3 is 2.41 bits per heavy atom. The Balaban J connectivity index is 1.78. The summed E-state index contributed by atoms with van der Waals surface area (Å²) in [6, 6.07) is 10.3. The average molecular weight is 235 g/mol. The molecule has 1 aromatic rings. The van der Waals surface area contributed by atoms with Crippen molar-refractivity contribution in [1.82, 2.24) is 15.3 Å². The first kappa shape index (κ1) is 11.9. The maximum atomic E-state index is 10.5. The Labute approximate surface area is 101 Å². The van der Waals surface area contributed by atoms with Gasteiger partial charge in [0.15, 0.2) is 0 Å². The van der Waals surface area contributed by atoms with E-state index in [1.54, 1.807) is 5.01 Å². The van der Waals surface area contributed by atoms with E-state index in [-0.39, 0.29) is 0 Å². The Morgan fingerprint density at radius 1 is 1.18 bits per heavy atom. The maximum absolute atomic E-state index is 10.5. The van der Waals surface area contributed by atoms with E-state index in [0.717, 1.165) is 32.7 Å². The molecule has 0 unspecified atom stereocenters. The quantitative estimate of drug-likeness (QED) is 0.820. The number of hydrogen-bond donors (Lipinski definition) is 2. The van der Waals surface area contributed by atoms with Crippen LogP contribution >= 0.6 is 0 Å². The van der Waals surface area contributed by atoms with E-state index in [0.29, 0.717) is 0 Å². The van der Waals surface area contributed by atoms with Crippen molar-refractivity contribution < 1.29 is 9.90 Å². The first-order chi connectivity index (χ1) is 8.24. The summed E-state index contributed by atoms with van der Waals surface area (Å²) in [7, 11) is 0. The monoisotopic (exact) mass is 235 g/mol. The molecule has 0 saturated carbocycles. The minimum absolute atomic E-state index is 0.735. The molecule has 0 radical (unpaired) electrons. The zero-order valence-corrected chi connectivity index (χ0v) is 9.67. The first-order valence-electron chi connectivity index (χ1n) is 5.75. The second-order valence-corrected chi connectivity index (χ2v) is 4.17. The predicted molar refractivity (Wildman–Crippen MR) is 64.5 cm³/mol. The van der Waals surface area contributed by atoms with Crippen LogP contribution in [0.3, 0.4) is 0 Å². The first-order valence-corrected chi connectivity index (χ1v) is 5.75. The van der Waals surface area contributed by atoms with Crippen molar-refractivity contribution in [2.45, 2.75) is 6.54 Å². The Morgan fingerprint density at radius 2 is 1.82 bits per heavy atom. The summed E-state index contributed by atoms with van der Waals surface area (Å²) in [5.74, 6) is 0. The highest BCUT2D eigenvalue weighted by atomic mass is 16.4. The molecule has 1 saturated heterocycles. The van der Waals surface area contributed by atoms with Gasteiger partial charge < -0.3 is 5.11 Å². The van der Waals surface area contributed by atoms with Crippen molar-refractivity contribution >= 4 is 6.09 Å². The minimum atomic E-state index is -0.985. The third-order valence-corrected chi connectivity index (χ3v) is 2.88. The Hall–Kier alpha value is -1.59. The summed E-state index contributed by atoms with van der Waals surface area (Å²) in [4.78, 5) is 12.8. The zero-order chi connectivity index (χ0) is 12.1. The maximum Gasteiger partial charge on any atom is 0.419 e. The number of nitrogens with zero attached hydrogens (tertiary/aromatic N) is 2. The normalized spacial score (nSPS) is 17.9. The number of benzene rings is 1. The van der Waals surface area contributed by atoms with Crippen LogP contribution in [-0.2, 0) is 6.54 Å². The lowest BCUT2D eigenvalue weighted by molar-refractivity contribution is 0.0806. The summed E-state index contributed by atoms with van der Waals surface area (Å²) in [6.07, 6.45) is -0.985. The van der Waals surface area contributed by atoms with Gasteiger partial charge in [0.25, 0.3) is 0 Å². The number of amides is 1. The van der Waals surface area contributed by atoms with Gasteiger partial charge in [-0.2, -0.15) is 0 Å². The highest BCUT2D eigenvalue weighted by Gasteiger charge is 2.17. The van der Waals surface area contributed by atoms with E-state index in [4.69, 9.17) is 5.11 Å². The van der Waals surface area contributed by atoms with E-state index in [1.807, 2.05) is 18.2 Å². The molecule has 1 aliphatic rings. The largest absolute Gasteiger partial charge is 0.464 e. The molecule has 1 amide bonds. The van der Waals surface area contributed by atoms with Gasteiger partial charge in [0, 0.05) is 32.7 Å². The van der Waals surface area contributed by atoms with E-state index in [1.165, 1.54) is 5.56 Å².